The maximum absolute atomic E-state index is 12.7. The first-order valence-corrected chi connectivity index (χ1v) is 10.7. The van der Waals surface area contributed by atoms with Crippen molar-refractivity contribution in [2.24, 2.45) is 21.9 Å². The highest BCUT2D eigenvalue weighted by Gasteiger charge is 2.38. The van der Waals surface area contributed by atoms with Gasteiger partial charge in [0.2, 0.25) is 11.8 Å². The zero-order valence-electron chi connectivity index (χ0n) is 18.0. The number of halogens is 1. The van der Waals surface area contributed by atoms with Crippen LogP contribution in [0, 0.1) is 17.2 Å². The zero-order chi connectivity index (χ0) is 24.5. The number of aliphatic imine (C=N–C) groups is 1. The van der Waals surface area contributed by atoms with Crippen molar-refractivity contribution in [3.63, 3.8) is 0 Å². The van der Waals surface area contributed by atoms with E-state index in [1.165, 1.54) is 4.90 Å². The van der Waals surface area contributed by atoms with E-state index in [2.05, 4.69) is 20.7 Å². The first-order valence-electron chi connectivity index (χ1n) is 10.3. The van der Waals surface area contributed by atoms with E-state index in [0.717, 1.165) is 6.21 Å². The Morgan fingerprint density at radius 3 is 2.65 bits per heavy atom. The molecule has 2 aromatic rings. The Kier molecular flexibility index (Phi) is 8.32. The highest BCUT2D eigenvalue weighted by atomic mass is 35.5. The van der Waals surface area contributed by atoms with Gasteiger partial charge >= 0.3 is 0 Å². The summed E-state index contributed by atoms with van der Waals surface area (Å²) in [5, 5.41) is 18.5. The zero-order valence-corrected chi connectivity index (χ0v) is 18.8. The molecule has 1 saturated heterocycles. The van der Waals surface area contributed by atoms with E-state index >= 15 is 0 Å². The molecule has 1 fully saturated rings. The van der Waals surface area contributed by atoms with Gasteiger partial charge in [0.15, 0.2) is 5.71 Å². The Balaban J connectivity index is 1.56. The van der Waals surface area contributed by atoms with E-state index in [4.69, 9.17) is 17.4 Å². The van der Waals surface area contributed by atoms with E-state index in [1.807, 2.05) is 12.1 Å². The quantitative estimate of drug-likeness (QED) is 0.314. The molecular weight excluding hydrogens is 458 g/mol. The fourth-order valence-electron chi connectivity index (χ4n) is 3.38. The molecular formula is C23H22ClN7O3. The molecule has 10 nitrogen and oxygen atoms in total. The number of carbonyl (C=O) groups is 3. The van der Waals surface area contributed by atoms with Crippen LogP contribution in [0.15, 0.2) is 64.7 Å². The number of nitrogens with one attached hydrogen (secondary N) is 2. The first-order chi connectivity index (χ1) is 16.4. The number of likely N-dealkylation sites (tertiary alicyclic amines) is 1. The maximum atomic E-state index is 12.7. The summed E-state index contributed by atoms with van der Waals surface area (Å²) in [5.41, 5.74) is 0.920. The SMILES string of the molecule is N#CC1CC(C(=O)Nc2ccccc2)CN1C(=O)CNC(=O)/C(C=Nc1cccc(Cl)c1)=N/N. The number of rotatable bonds is 7. The molecule has 1 heterocycles. The molecule has 2 atom stereocenters. The third-order valence-electron chi connectivity index (χ3n) is 5.10. The van der Waals surface area contributed by atoms with E-state index in [1.54, 1.807) is 48.5 Å². The average molecular weight is 480 g/mol. The molecule has 0 radical (unpaired) electrons. The van der Waals surface area contributed by atoms with Crippen LogP contribution in [-0.2, 0) is 14.4 Å². The lowest BCUT2D eigenvalue weighted by molar-refractivity contribution is -0.132. The van der Waals surface area contributed by atoms with Crippen molar-refractivity contribution in [3.05, 3.63) is 59.6 Å². The summed E-state index contributed by atoms with van der Waals surface area (Å²) in [6.45, 7) is -0.326. The van der Waals surface area contributed by atoms with Crippen molar-refractivity contribution < 1.29 is 14.4 Å². The third-order valence-corrected chi connectivity index (χ3v) is 5.33. The summed E-state index contributed by atoms with van der Waals surface area (Å²) < 4.78 is 0. The van der Waals surface area contributed by atoms with Crippen LogP contribution in [0.5, 0.6) is 0 Å². The molecule has 0 bridgehead atoms. The molecule has 0 aromatic heterocycles. The van der Waals surface area contributed by atoms with E-state index in [-0.39, 0.29) is 24.6 Å². The Bertz CT molecular complexity index is 1160. The van der Waals surface area contributed by atoms with Gasteiger partial charge in [-0.25, -0.2) is 0 Å². The summed E-state index contributed by atoms with van der Waals surface area (Å²) in [5.74, 6) is 3.24. The second-order valence-electron chi connectivity index (χ2n) is 7.41. The molecule has 1 aliphatic heterocycles. The predicted molar refractivity (Wildman–Crippen MR) is 129 cm³/mol. The van der Waals surface area contributed by atoms with Crippen LogP contribution < -0.4 is 16.5 Å². The van der Waals surface area contributed by atoms with E-state index in [0.29, 0.717) is 16.4 Å². The maximum Gasteiger partial charge on any atom is 0.273 e. The van der Waals surface area contributed by atoms with Gasteiger partial charge in [0.25, 0.3) is 5.91 Å². The van der Waals surface area contributed by atoms with Crippen LogP contribution in [0.2, 0.25) is 5.02 Å². The standard InChI is InChI=1S/C23H22ClN7O3/c24-16-5-4-8-18(10-16)27-12-20(30-26)23(34)28-13-21(32)31-14-15(9-19(31)11-25)22(33)29-17-6-2-1-3-7-17/h1-8,10,12,15,19H,9,13-14,26H2,(H,28,34)(H,29,33)/b27-12?,30-20+. The molecule has 0 aliphatic carbocycles. The van der Waals surface area contributed by atoms with Crippen LogP contribution >= 0.6 is 11.6 Å². The van der Waals surface area contributed by atoms with Gasteiger partial charge in [0.1, 0.15) is 6.04 Å². The smallest absolute Gasteiger partial charge is 0.273 e. The number of hydrazone groups is 1. The van der Waals surface area contributed by atoms with Crippen LogP contribution in [0.25, 0.3) is 0 Å². The molecule has 4 N–H and O–H groups in total. The number of amides is 3. The Labute approximate surface area is 201 Å². The van der Waals surface area contributed by atoms with Gasteiger partial charge in [-0.3, -0.25) is 19.4 Å². The molecule has 3 amide bonds. The van der Waals surface area contributed by atoms with Crippen LogP contribution in [0.1, 0.15) is 6.42 Å². The summed E-state index contributed by atoms with van der Waals surface area (Å²) >= 11 is 5.90. The Morgan fingerprint density at radius 1 is 1.21 bits per heavy atom. The first kappa shape index (κ1) is 24.4. The van der Waals surface area contributed by atoms with Crippen LogP contribution in [0.4, 0.5) is 11.4 Å². The van der Waals surface area contributed by atoms with Crippen molar-refractivity contribution in [2.75, 3.05) is 18.4 Å². The molecule has 1 aliphatic rings. The van der Waals surface area contributed by atoms with Gasteiger partial charge in [-0.2, -0.15) is 10.4 Å². The van der Waals surface area contributed by atoms with Gasteiger partial charge in [-0.05, 0) is 36.8 Å². The van der Waals surface area contributed by atoms with E-state index < -0.39 is 30.3 Å². The number of nitrogens with zero attached hydrogens (tertiary/aromatic N) is 4. The number of anilines is 1. The molecule has 0 spiro atoms. The van der Waals surface area contributed by atoms with Crippen molar-refractivity contribution in [3.8, 4) is 6.07 Å². The van der Waals surface area contributed by atoms with Gasteiger partial charge in [0, 0.05) is 17.3 Å². The highest BCUT2D eigenvalue weighted by molar-refractivity contribution is 6.60. The fourth-order valence-corrected chi connectivity index (χ4v) is 3.56. The number of benzene rings is 2. The lowest BCUT2D eigenvalue weighted by atomic mass is 10.1. The summed E-state index contributed by atoms with van der Waals surface area (Å²) in [7, 11) is 0. The van der Waals surface area contributed by atoms with Crippen molar-refractivity contribution in [2.45, 2.75) is 12.5 Å². The molecule has 11 heteroatoms. The minimum atomic E-state index is -0.775. The Morgan fingerprint density at radius 2 is 1.97 bits per heavy atom. The second kappa shape index (κ2) is 11.6. The topological polar surface area (TPSA) is 153 Å². The largest absolute Gasteiger partial charge is 0.342 e. The molecule has 174 valence electrons. The molecule has 3 rings (SSSR count). The lowest BCUT2D eigenvalue weighted by Crippen LogP contribution is -2.44. The normalized spacial score (nSPS) is 17.9. The van der Waals surface area contributed by atoms with Gasteiger partial charge < -0.3 is 21.4 Å². The van der Waals surface area contributed by atoms with Gasteiger partial charge in [0.05, 0.1) is 30.4 Å². The number of para-hydroxylation sites is 1. The van der Waals surface area contributed by atoms with Crippen molar-refractivity contribution in [1.29, 1.82) is 5.26 Å². The average Bonchev–Trinajstić information content (AvgIpc) is 3.28. The molecule has 34 heavy (non-hydrogen) atoms. The Hall–Kier alpha value is -4.23. The monoisotopic (exact) mass is 479 g/mol. The van der Waals surface area contributed by atoms with Crippen molar-refractivity contribution >= 4 is 52.6 Å². The van der Waals surface area contributed by atoms with Crippen LogP contribution in [0.3, 0.4) is 0 Å². The third kappa shape index (κ3) is 6.40. The summed E-state index contributed by atoms with van der Waals surface area (Å²) in [4.78, 5) is 43.0. The van der Waals surface area contributed by atoms with Crippen molar-refractivity contribution in [1.82, 2.24) is 10.2 Å². The molecule has 2 aromatic carbocycles. The summed E-state index contributed by atoms with van der Waals surface area (Å²) in [6, 6.07) is 16.8. The number of hydrogen-bond acceptors (Lipinski definition) is 7. The minimum absolute atomic E-state index is 0.0691. The molecule has 2 unspecified atom stereocenters. The fraction of sp³-hybridized carbons (Fsp3) is 0.217. The van der Waals surface area contributed by atoms with Crippen LogP contribution in [-0.4, -0.2) is 53.7 Å². The lowest BCUT2D eigenvalue weighted by Gasteiger charge is -2.19. The van der Waals surface area contributed by atoms with E-state index in [9.17, 15) is 19.6 Å². The van der Waals surface area contributed by atoms with Gasteiger partial charge in [-0.15, -0.1) is 0 Å². The second-order valence-corrected chi connectivity index (χ2v) is 7.85. The minimum Gasteiger partial charge on any atom is -0.342 e. The summed E-state index contributed by atoms with van der Waals surface area (Å²) in [6.07, 6.45) is 1.36. The number of nitrogens with two attached hydrogens (primary N) is 1. The number of hydrogen-bond donors (Lipinski definition) is 3. The number of carbonyl (C=O) groups excluding carboxylic acids is 3. The van der Waals surface area contributed by atoms with Gasteiger partial charge in [-0.1, -0.05) is 35.9 Å². The highest BCUT2D eigenvalue weighted by Crippen LogP contribution is 2.24. The number of nitriles is 1. The predicted octanol–water partition coefficient (Wildman–Crippen LogP) is 1.85. The molecule has 0 saturated carbocycles.